The van der Waals surface area contributed by atoms with E-state index in [0.717, 1.165) is 60.6 Å². The number of rotatable bonds is 10. The molecule has 0 radical (unpaired) electrons. The van der Waals surface area contributed by atoms with Crippen LogP contribution in [0.15, 0.2) is 58.5 Å². The van der Waals surface area contributed by atoms with Gasteiger partial charge in [-0.3, -0.25) is 4.99 Å². The van der Waals surface area contributed by atoms with Crippen molar-refractivity contribution >= 4 is 41.3 Å². The van der Waals surface area contributed by atoms with Crippen molar-refractivity contribution in [3.8, 4) is 0 Å². The zero-order valence-corrected chi connectivity index (χ0v) is 22.7. The van der Waals surface area contributed by atoms with Crippen LogP contribution in [0.1, 0.15) is 38.3 Å². The SMILES string of the molecule is C=C(CNC1=CCCN=C1)O/N=C(\CC)c1cc2c(NC3CCNCC3)cccc2n1CC(F)(F)F.FNS. The number of hydrogen-bond acceptors (Lipinski definition) is 8. The van der Waals surface area contributed by atoms with Crippen molar-refractivity contribution in [1.29, 1.82) is 0 Å². The van der Waals surface area contributed by atoms with Gasteiger partial charge in [0.1, 0.15) is 18.0 Å². The van der Waals surface area contributed by atoms with E-state index in [0.29, 0.717) is 35.6 Å². The van der Waals surface area contributed by atoms with E-state index in [2.05, 4.69) is 45.5 Å². The summed E-state index contributed by atoms with van der Waals surface area (Å²) in [6.45, 7) is 7.53. The highest BCUT2D eigenvalue weighted by atomic mass is 32.1. The lowest BCUT2D eigenvalue weighted by Gasteiger charge is -2.25. The van der Waals surface area contributed by atoms with E-state index >= 15 is 0 Å². The van der Waals surface area contributed by atoms with Gasteiger partial charge in [0.2, 0.25) is 0 Å². The number of nitrogens with zero attached hydrogens (tertiary/aromatic N) is 3. The van der Waals surface area contributed by atoms with Gasteiger partial charge in [-0.15, -0.1) is 9.43 Å². The Bertz CT molecular complexity index is 1190. The Morgan fingerprint density at radius 2 is 2.05 bits per heavy atom. The average Bonchev–Trinajstić information content (AvgIpc) is 3.27. The van der Waals surface area contributed by atoms with Crippen molar-refractivity contribution in [2.45, 2.75) is 51.4 Å². The molecule has 4 N–H and O–H groups in total. The summed E-state index contributed by atoms with van der Waals surface area (Å²) in [5, 5.41) is 15.0. The molecule has 13 heteroatoms. The van der Waals surface area contributed by atoms with Crippen LogP contribution in [-0.2, 0) is 11.4 Å². The molecule has 2 aliphatic heterocycles. The van der Waals surface area contributed by atoms with Crippen LogP contribution in [0, 0.1) is 0 Å². The minimum Gasteiger partial charge on any atom is -0.382 e. The van der Waals surface area contributed by atoms with Crippen LogP contribution in [0.3, 0.4) is 0 Å². The summed E-state index contributed by atoms with van der Waals surface area (Å²) in [5.41, 5.74) is 3.01. The van der Waals surface area contributed by atoms with Gasteiger partial charge in [0, 0.05) is 35.6 Å². The number of aromatic nitrogens is 1. The molecule has 4 rings (SSSR count). The number of dihydropyridines is 1. The molecule has 0 spiro atoms. The Morgan fingerprint density at radius 1 is 1.31 bits per heavy atom. The molecule has 1 fully saturated rings. The first-order valence-corrected chi connectivity index (χ1v) is 13.2. The van der Waals surface area contributed by atoms with Crippen LogP contribution in [0.2, 0.25) is 0 Å². The van der Waals surface area contributed by atoms with Gasteiger partial charge in [-0.2, -0.15) is 13.2 Å². The number of piperidine rings is 1. The molecular formula is C26H35F4N7OS. The number of fused-ring (bicyclic) bond motifs is 1. The first kappa shape index (κ1) is 30.5. The van der Waals surface area contributed by atoms with E-state index in [1.165, 1.54) is 4.57 Å². The summed E-state index contributed by atoms with van der Waals surface area (Å²) in [5.74, 6) is 0.354. The number of aliphatic imine (C=N–C) groups is 1. The first-order chi connectivity index (χ1) is 18.8. The molecule has 0 unspecified atom stereocenters. The predicted molar refractivity (Wildman–Crippen MR) is 152 cm³/mol. The molecule has 1 aromatic carbocycles. The van der Waals surface area contributed by atoms with Gasteiger partial charge in [0.15, 0.2) is 0 Å². The molecule has 0 atom stereocenters. The fourth-order valence-corrected chi connectivity index (χ4v) is 4.46. The number of allylic oxidation sites excluding steroid dienone is 1. The lowest BCUT2D eigenvalue weighted by atomic mass is 10.1. The van der Waals surface area contributed by atoms with E-state index in [1.54, 1.807) is 24.4 Å². The van der Waals surface area contributed by atoms with Gasteiger partial charge in [0.25, 0.3) is 0 Å². The highest BCUT2D eigenvalue weighted by Crippen LogP contribution is 2.32. The van der Waals surface area contributed by atoms with Crippen molar-refractivity contribution in [2.75, 3.05) is 31.5 Å². The van der Waals surface area contributed by atoms with Gasteiger partial charge >= 0.3 is 6.18 Å². The minimum atomic E-state index is -4.39. The van der Waals surface area contributed by atoms with Gasteiger partial charge in [-0.1, -0.05) is 43.6 Å². The maximum atomic E-state index is 13.6. The molecule has 0 saturated carbocycles. The first-order valence-electron chi connectivity index (χ1n) is 12.8. The molecular weight excluding hydrogens is 534 g/mol. The van der Waals surface area contributed by atoms with E-state index in [1.807, 2.05) is 19.1 Å². The molecule has 3 heterocycles. The second-order valence-corrected chi connectivity index (χ2v) is 9.25. The normalized spacial score (nSPS) is 16.4. The molecule has 8 nitrogen and oxygen atoms in total. The third-order valence-electron chi connectivity index (χ3n) is 6.24. The van der Waals surface area contributed by atoms with Crippen LogP contribution in [-0.4, -0.2) is 54.9 Å². The Balaban J connectivity index is 0.00000134. The maximum Gasteiger partial charge on any atom is 0.406 e. The fourth-order valence-electron chi connectivity index (χ4n) is 4.46. The van der Waals surface area contributed by atoms with E-state index in [-0.39, 0.29) is 6.04 Å². The number of oxime groups is 1. The number of halogens is 4. The fraction of sp³-hybridized carbons (Fsp3) is 0.462. The van der Waals surface area contributed by atoms with E-state index in [4.69, 9.17) is 4.84 Å². The topological polar surface area (TPSA) is 87.0 Å². The predicted octanol–water partition coefficient (Wildman–Crippen LogP) is 5.27. The van der Waals surface area contributed by atoms with Crippen molar-refractivity contribution < 1.29 is 22.5 Å². The Morgan fingerprint density at radius 3 is 2.69 bits per heavy atom. The quantitative estimate of drug-likeness (QED) is 0.0673. The van der Waals surface area contributed by atoms with Crippen LogP contribution < -0.4 is 20.9 Å². The van der Waals surface area contributed by atoms with Gasteiger partial charge in [0.05, 0.1) is 17.8 Å². The molecule has 1 aromatic heterocycles. The van der Waals surface area contributed by atoms with Crippen molar-refractivity contribution in [3.63, 3.8) is 0 Å². The minimum absolute atomic E-state index is 0.272. The summed E-state index contributed by atoms with van der Waals surface area (Å²) in [7, 11) is 0. The molecule has 0 bridgehead atoms. The zero-order valence-electron chi connectivity index (χ0n) is 21.8. The Hall–Kier alpha value is -3.03. The molecule has 2 aliphatic rings. The molecule has 0 amide bonds. The second kappa shape index (κ2) is 14.9. The summed E-state index contributed by atoms with van der Waals surface area (Å²) < 4.78 is 52.0. The number of anilines is 1. The second-order valence-electron chi connectivity index (χ2n) is 9.08. The third kappa shape index (κ3) is 9.29. The number of alkyl halides is 3. The van der Waals surface area contributed by atoms with Crippen molar-refractivity contribution in [3.05, 3.63) is 54.1 Å². The summed E-state index contributed by atoms with van der Waals surface area (Å²) in [4.78, 5) is 10.7. The number of nitrogens with one attached hydrogen (secondary N) is 4. The molecule has 39 heavy (non-hydrogen) atoms. The van der Waals surface area contributed by atoms with Gasteiger partial charge in [-0.05, 0) is 57.0 Å². The maximum absolute atomic E-state index is 13.6. The molecule has 1 saturated heterocycles. The Kier molecular flexibility index (Phi) is 11.7. The molecule has 0 aliphatic carbocycles. The highest BCUT2D eigenvalue weighted by Gasteiger charge is 2.31. The lowest BCUT2D eigenvalue weighted by Crippen LogP contribution is -2.35. The van der Waals surface area contributed by atoms with Crippen molar-refractivity contribution in [1.82, 2.24) is 20.1 Å². The summed E-state index contributed by atoms with van der Waals surface area (Å²) in [6.07, 6.45) is 2.57. The largest absolute Gasteiger partial charge is 0.406 e. The van der Waals surface area contributed by atoms with Crippen molar-refractivity contribution in [2.24, 2.45) is 10.1 Å². The smallest absolute Gasteiger partial charge is 0.382 e. The number of hydrogen-bond donors (Lipinski definition) is 5. The third-order valence-corrected chi connectivity index (χ3v) is 6.24. The monoisotopic (exact) mass is 569 g/mol. The van der Waals surface area contributed by atoms with Gasteiger partial charge < -0.3 is 25.4 Å². The van der Waals surface area contributed by atoms with Gasteiger partial charge in [-0.25, -0.2) is 0 Å². The highest BCUT2D eigenvalue weighted by molar-refractivity contribution is 7.77. The molecule has 214 valence electrons. The standard InChI is InChI=1S/C26H33F3N6O.FH2NS/c1-3-22(34-36-18(2)15-32-20-6-5-11-31-16-20)25-14-21-23(33-19-9-12-30-13-10-19)7-4-8-24(21)35(25)17-26(27,28)29;1-2-3/h4,6-8,14,16,19,30,32-33H,2-3,5,9-13,15,17H2,1H3;2-3H/b34-22+;. The average molecular weight is 570 g/mol. The lowest BCUT2D eigenvalue weighted by molar-refractivity contribution is -0.139. The van der Waals surface area contributed by atoms with Crippen LogP contribution in [0.4, 0.5) is 23.3 Å². The number of benzene rings is 1. The van der Waals surface area contributed by atoms with Crippen LogP contribution in [0.5, 0.6) is 0 Å². The number of thiol groups is 1. The summed E-state index contributed by atoms with van der Waals surface area (Å²) in [6, 6.07) is 7.48. The van der Waals surface area contributed by atoms with E-state index < -0.39 is 12.7 Å². The van der Waals surface area contributed by atoms with Crippen LogP contribution in [0.25, 0.3) is 10.9 Å². The zero-order chi connectivity index (χ0) is 28.3. The Labute approximate surface area is 231 Å². The summed E-state index contributed by atoms with van der Waals surface area (Å²) >= 11 is 2.87. The van der Waals surface area contributed by atoms with E-state index in [9.17, 15) is 17.7 Å². The molecule has 2 aromatic rings. The van der Waals surface area contributed by atoms with Crippen LogP contribution >= 0.6 is 12.8 Å².